The van der Waals surface area contributed by atoms with E-state index in [1.165, 1.54) is 0 Å². The first kappa shape index (κ1) is 20.1. The van der Waals surface area contributed by atoms with Gasteiger partial charge in [-0.1, -0.05) is 24.6 Å². The summed E-state index contributed by atoms with van der Waals surface area (Å²) in [6, 6.07) is 2.13. The Labute approximate surface area is 166 Å². The summed E-state index contributed by atoms with van der Waals surface area (Å²) in [7, 11) is 0. The largest absolute Gasteiger partial charge is 0.494 e. The van der Waals surface area contributed by atoms with Gasteiger partial charge in [-0.3, -0.25) is 4.89 Å². The van der Waals surface area contributed by atoms with E-state index in [9.17, 15) is 19.4 Å². The van der Waals surface area contributed by atoms with Crippen LogP contribution >= 0.6 is 11.6 Å². The summed E-state index contributed by atoms with van der Waals surface area (Å²) in [5, 5.41) is 20.9. The van der Waals surface area contributed by atoms with Crippen LogP contribution in [0.5, 0.6) is 17.5 Å². The van der Waals surface area contributed by atoms with Crippen LogP contribution in [0.15, 0.2) is 23.8 Å². The Morgan fingerprint density at radius 3 is 2.43 bits per heavy atom. The van der Waals surface area contributed by atoms with E-state index in [1.54, 1.807) is 13.0 Å². The van der Waals surface area contributed by atoms with E-state index in [0.717, 1.165) is 29.5 Å². The highest BCUT2D eigenvalue weighted by molar-refractivity contribution is 6.32. The van der Waals surface area contributed by atoms with Crippen LogP contribution in [0.1, 0.15) is 44.2 Å². The smallest absolute Gasteiger partial charge is 0.381 e. The number of allylic oxidation sites excluding steroid dienone is 1. The molecule has 0 spiro atoms. The predicted octanol–water partition coefficient (Wildman–Crippen LogP) is 4.75. The van der Waals surface area contributed by atoms with Crippen LogP contribution < -0.4 is 4.89 Å². The Hall–Kier alpha value is -2.67. The topological polar surface area (TPSA) is 80.9 Å². The third-order valence-corrected chi connectivity index (χ3v) is 5.01. The first-order valence-electron chi connectivity index (χ1n) is 9.04. The van der Waals surface area contributed by atoms with Crippen molar-refractivity contribution in [2.75, 3.05) is 0 Å². The zero-order valence-electron chi connectivity index (χ0n) is 15.6. The van der Waals surface area contributed by atoms with Gasteiger partial charge < -0.3 is 10.2 Å². The van der Waals surface area contributed by atoms with Crippen LogP contribution in [0.2, 0.25) is 5.02 Å². The molecule has 0 bridgehead atoms. The van der Waals surface area contributed by atoms with Crippen LogP contribution in [-0.4, -0.2) is 20.7 Å². The Morgan fingerprint density at radius 1 is 1.25 bits per heavy atom. The van der Waals surface area contributed by atoms with Gasteiger partial charge >= 0.3 is 5.97 Å². The third-order valence-electron chi connectivity index (χ3n) is 4.71. The van der Waals surface area contributed by atoms with Crippen molar-refractivity contribution in [3.05, 3.63) is 45.7 Å². The molecule has 0 saturated heterocycles. The number of carbonyl (C=O) groups is 1. The third kappa shape index (κ3) is 3.67. The molecule has 1 aliphatic carbocycles. The molecule has 0 saturated carbocycles. The van der Waals surface area contributed by atoms with Crippen molar-refractivity contribution in [3.63, 3.8) is 0 Å². The van der Waals surface area contributed by atoms with Crippen LogP contribution in [-0.2, 0) is 22.5 Å². The highest BCUT2D eigenvalue weighted by atomic mass is 35.5. The summed E-state index contributed by atoms with van der Waals surface area (Å²) in [4.78, 5) is 21.6. The Kier molecular flexibility index (Phi) is 5.84. The quantitative estimate of drug-likeness (QED) is 0.423. The fraction of sp³-hybridized carbons (Fsp3) is 0.350. The summed E-state index contributed by atoms with van der Waals surface area (Å²) in [6.45, 7) is 3.45. The van der Waals surface area contributed by atoms with Crippen LogP contribution in [0.25, 0.3) is 5.69 Å². The molecular formula is C20H21ClFNO5. The number of hydrogen-bond acceptors (Lipinski definition) is 5. The number of halogens is 2. The van der Waals surface area contributed by atoms with Crippen molar-refractivity contribution < 1.29 is 29.2 Å². The molecule has 0 atom stereocenters. The number of benzene rings is 1. The maximum absolute atomic E-state index is 14.6. The van der Waals surface area contributed by atoms with Gasteiger partial charge in [0.25, 0.3) is 0 Å². The maximum Gasteiger partial charge on any atom is 0.381 e. The van der Waals surface area contributed by atoms with E-state index in [2.05, 4.69) is 0 Å². The number of fused-ring (bicyclic) bond motifs is 1. The van der Waals surface area contributed by atoms with Crippen molar-refractivity contribution in [1.82, 2.24) is 4.57 Å². The Bertz CT molecular complexity index is 921. The molecule has 3 rings (SSSR count). The molecule has 0 unspecified atom stereocenters. The van der Waals surface area contributed by atoms with E-state index in [0.29, 0.717) is 36.0 Å². The maximum atomic E-state index is 14.6. The summed E-state index contributed by atoms with van der Waals surface area (Å²) < 4.78 is 15.6. The average molecular weight is 410 g/mol. The number of aromatic hydroxyl groups is 2. The fourth-order valence-corrected chi connectivity index (χ4v) is 3.47. The van der Waals surface area contributed by atoms with E-state index in [-0.39, 0.29) is 28.2 Å². The highest BCUT2D eigenvalue weighted by Gasteiger charge is 2.27. The highest BCUT2D eigenvalue weighted by Crippen LogP contribution is 2.42. The lowest BCUT2D eigenvalue weighted by atomic mass is 9.95. The van der Waals surface area contributed by atoms with E-state index in [1.807, 2.05) is 6.92 Å². The minimum atomic E-state index is -0.774. The molecule has 6 nitrogen and oxygen atoms in total. The standard InChI is InChI=1S/C20H21ClFNO5/c1-3-6-11(2)20(26)28-27-17-10-16(15(22)9-14(17)21)23-18(24)12-7-4-5-8-13(12)19(23)25/h6,9-10,24-25H,3-5,7-8H2,1-2H3. The van der Waals surface area contributed by atoms with Gasteiger partial charge in [0.2, 0.25) is 11.8 Å². The molecule has 150 valence electrons. The fourth-order valence-electron chi connectivity index (χ4n) is 3.29. The van der Waals surface area contributed by atoms with Crippen molar-refractivity contribution in [1.29, 1.82) is 0 Å². The molecule has 0 aliphatic heterocycles. The van der Waals surface area contributed by atoms with Gasteiger partial charge in [-0.05, 0) is 45.1 Å². The Balaban J connectivity index is 1.96. The van der Waals surface area contributed by atoms with Gasteiger partial charge in [-0.25, -0.2) is 18.6 Å². The second-order valence-electron chi connectivity index (χ2n) is 6.63. The first-order valence-corrected chi connectivity index (χ1v) is 9.42. The molecule has 0 amide bonds. The van der Waals surface area contributed by atoms with Gasteiger partial charge in [-0.15, -0.1) is 0 Å². The van der Waals surface area contributed by atoms with Crippen molar-refractivity contribution in [3.8, 4) is 23.2 Å². The SMILES string of the molecule is CCC=C(C)C(=O)OOc1cc(-n2c(O)c3c(c2O)CCCC3)c(F)cc1Cl. The molecule has 1 aromatic carbocycles. The number of aromatic nitrogens is 1. The lowest BCUT2D eigenvalue weighted by Gasteiger charge is -2.12. The second kappa shape index (κ2) is 8.14. The van der Waals surface area contributed by atoms with Crippen molar-refractivity contribution >= 4 is 17.6 Å². The normalized spacial score (nSPS) is 13.9. The molecule has 0 radical (unpaired) electrons. The van der Waals surface area contributed by atoms with Gasteiger partial charge in [0.1, 0.15) is 5.82 Å². The summed E-state index contributed by atoms with van der Waals surface area (Å²) in [6.07, 6.45) is 5.27. The number of rotatable bonds is 5. The minimum Gasteiger partial charge on any atom is -0.494 e. The molecule has 1 aliphatic rings. The van der Waals surface area contributed by atoms with E-state index >= 15 is 0 Å². The summed E-state index contributed by atoms with van der Waals surface area (Å²) in [5.74, 6) is -2.05. The average Bonchev–Trinajstić information content (AvgIpc) is 2.92. The summed E-state index contributed by atoms with van der Waals surface area (Å²) in [5.41, 5.74) is 1.40. The molecule has 2 aromatic rings. The zero-order valence-corrected chi connectivity index (χ0v) is 16.3. The lowest BCUT2D eigenvalue weighted by Crippen LogP contribution is -2.10. The molecule has 28 heavy (non-hydrogen) atoms. The van der Waals surface area contributed by atoms with E-state index in [4.69, 9.17) is 21.4 Å². The minimum absolute atomic E-state index is 0.123. The van der Waals surface area contributed by atoms with Gasteiger partial charge in [0, 0.05) is 22.8 Å². The summed E-state index contributed by atoms with van der Waals surface area (Å²) >= 11 is 5.99. The first-order chi connectivity index (χ1) is 13.3. The number of nitrogens with zero attached hydrogens (tertiary/aromatic N) is 1. The molecule has 1 aromatic heterocycles. The van der Waals surface area contributed by atoms with Crippen LogP contribution in [0, 0.1) is 5.82 Å². The monoisotopic (exact) mass is 409 g/mol. The molecular weight excluding hydrogens is 389 g/mol. The number of carbonyl (C=O) groups excluding carboxylic acids is 1. The van der Waals surface area contributed by atoms with Crippen LogP contribution in [0.4, 0.5) is 4.39 Å². The van der Waals surface area contributed by atoms with Crippen LogP contribution in [0.3, 0.4) is 0 Å². The zero-order chi connectivity index (χ0) is 20.4. The Morgan fingerprint density at radius 2 is 1.86 bits per heavy atom. The molecule has 0 fully saturated rings. The van der Waals surface area contributed by atoms with Gasteiger partial charge in [0.15, 0.2) is 5.75 Å². The van der Waals surface area contributed by atoms with Crippen molar-refractivity contribution in [2.24, 2.45) is 0 Å². The van der Waals surface area contributed by atoms with Crippen molar-refractivity contribution in [2.45, 2.75) is 46.0 Å². The number of hydrogen-bond donors (Lipinski definition) is 2. The molecule has 1 heterocycles. The van der Waals surface area contributed by atoms with Gasteiger partial charge in [0.05, 0.1) is 10.7 Å². The van der Waals surface area contributed by atoms with E-state index < -0.39 is 11.8 Å². The lowest BCUT2D eigenvalue weighted by molar-refractivity contribution is -0.208. The van der Waals surface area contributed by atoms with Gasteiger partial charge in [-0.2, -0.15) is 0 Å². The molecule has 2 N–H and O–H groups in total. The molecule has 8 heteroatoms. The predicted molar refractivity (Wildman–Crippen MR) is 101 cm³/mol. The second-order valence-corrected chi connectivity index (χ2v) is 7.04.